The molecule has 1 aromatic rings. The minimum Gasteiger partial charge on any atom is -0.481 e. The van der Waals surface area contributed by atoms with Crippen molar-refractivity contribution < 1.29 is 14.3 Å². The minimum absolute atomic E-state index is 0.00231. The molecule has 0 saturated heterocycles. The molecule has 2 rings (SSSR count). The Kier molecular flexibility index (Phi) is 2.31. The lowest BCUT2D eigenvalue weighted by molar-refractivity contribution is -0.136. The molecule has 1 aliphatic heterocycles. The van der Waals surface area contributed by atoms with Crippen LogP contribution in [0.2, 0.25) is 0 Å². The highest BCUT2D eigenvalue weighted by Crippen LogP contribution is 2.27. The third kappa shape index (κ3) is 1.88. The van der Waals surface area contributed by atoms with Gasteiger partial charge in [0.05, 0.1) is 0 Å². The summed E-state index contributed by atoms with van der Waals surface area (Å²) in [5.41, 5.74) is 1.17. The van der Waals surface area contributed by atoms with Crippen molar-refractivity contribution in [2.45, 2.75) is 18.6 Å². The van der Waals surface area contributed by atoms with Gasteiger partial charge in [-0.1, -0.05) is 0 Å². The van der Waals surface area contributed by atoms with Crippen LogP contribution in [0, 0.1) is 0 Å². The smallest absolute Gasteiger partial charge is 0.311 e. The fraction of sp³-hybridized carbons (Fsp3) is 0.444. The van der Waals surface area contributed by atoms with Crippen LogP contribution in [0.1, 0.15) is 17.1 Å². The standard InChI is InChI=1S/C9H10O3S/c10-9(11)4-7-3-6-5-13-2-1-8(6)12-7/h3H,1-2,4-5H2,(H,10,11). The van der Waals surface area contributed by atoms with Gasteiger partial charge in [-0.2, -0.15) is 11.8 Å². The van der Waals surface area contributed by atoms with Crippen molar-refractivity contribution in [2.24, 2.45) is 0 Å². The van der Waals surface area contributed by atoms with E-state index in [1.165, 1.54) is 5.56 Å². The molecule has 0 saturated carbocycles. The number of carboxylic acids is 1. The summed E-state index contributed by atoms with van der Waals surface area (Å²) < 4.78 is 5.42. The van der Waals surface area contributed by atoms with Crippen molar-refractivity contribution in [3.63, 3.8) is 0 Å². The normalized spacial score (nSPS) is 15.4. The lowest BCUT2D eigenvalue weighted by atomic mass is 10.2. The fourth-order valence-electron chi connectivity index (χ4n) is 1.44. The van der Waals surface area contributed by atoms with E-state index in [9.17, 15) is 4.79 Å². The molecule has 0 bridgehead atoms. The number of hydrogen-bond donors (Lipinski definition) is 1. The van der Waals surface area contributed by atoms with Crippen molar-refractivity contribution in [1.29, 1.82) is 0 Å². The van der Waals surface area contributed by atoms with Gasteiger partial charge in [-0.3, -0.25) is 4.79 Å². The van der Waals surface area contributed by atoms with E-state index in [1.54, 1.807) is 0 Å². The number of thioether (sulfide) groups is 1. The molecule has 0 unspecified atom stereocenters. The largest absolute Gasteiger partial charge is 0.481 e. The third-order valence-corrected chi connectivity index (χ3v) is 3.01. The zero-order valence-corrected chi connectivity index (χ0v) is 7.89. The maximum absolute atomic E-state index is 10.4. The number of fused-ring (bicyclic) bond motifs is 1. The second-order valence-electron chi connectivity index (χ2n) is 3.03. The molecule has 1 N–H and O–H groups in total. The molecule has 0 spiro atoms. The topological polar surface area (TPSA) is 50.4 Å². The van der Waals surface area contributed by atoms with E-state index in [1.807, 2.05) is 17.8 Å². The fourth-order valence-corrected chi connectivity index (χ4v) is 2.38. The molecule has 4 heteroatoms. The SMILES string of the molecule is O=C(O)Cc1cc2c(o1)CCSC2. The molecule has 0 atom stereocenters. The summed E-state index contributed by atoms with van der Waals surface area (Å²) in [5, 5.41) is 8.56. The highest BCUT2D eigenvalue weighted by molar-refractivity contribution is 7.98. The van der Waals surface area contributed by atoms with Gasteiger partial charge < -0.3 is 9.52 Å². The first-order valence-electron chi connectivity index (χ1n) is 4.15. The average molecular weight is 198 g/mol. The predicted molar refractivity (Wildman–Crippen MR) is 49.9 cm³/mol. The molecule has 0 fully saturated rings. The van der Waals surface area contributed by atoms with Crippen LogP contribution in [-0.4, -0.2) is 16.8 Å². The summed E-state index contributed by atoms with van der Waals surface area (Å²) in [6.07, 6.45) is 0.928. The highest BCUT2D eigenvalue weighted by Gasteiger charge is 2.16. The van der Waals surface area contributed by atoms with Gasteiger partial charge in [-0.25, -0.2) is 0 Å². The van der Waals surface area contributed by atoms with E-state index >= 15 is 0 Å². The molecule has 0 aliphatic carbocycles. The Labute approximate surface area is 80.1 Å². The second kappa shape index (κ2) is 3.46. The third-order valence-electron chi connectivity index (χ3n) is 2.00. The van der Waals surface area contributed by atoms with Gasteiger partial charge in [0.2, 0.25) is 0 Å². The lowest BCUT2D eigenvalue weighted by Gasteiger charge is -2.07. The Morgan fingerprint density at radius 3 is 3.23 bits per heavy atom. The van der Waals surface area contributed by atoms with Crippen LogP contribution in [0.4, 0.5) is 0 Å². The number of aryl methyl sites for hydroxylation is 1. The minimum atomic E-state index is -0.834. The summed E-state index contributed by atoms with van der Waals surface area (Å²) in [7, 11) is 0. The number of rotatable bonds is 2. The van der Waals surface area contributed by atoms with Gasteiger partial charge in [0, 0.05) is 23.5 Å². The van der Waals surface area contributed by atoms with Crippen molar-refractivity contribution in [3.8, 4) is 0 Å². The number of carboxylic acid groups (broad SMARTS) is 1. The number of hydrogen-bond acceptors (Lipinski definition) is 3. The van der Waals surface area contributed by atoms with Crippen LogP contribution in [0.15, 0.2) is 10.5 Å². The molecule has 13 heavy (non-hydrogen) atoms. The van der Waals surface area contributed by atoms with E-state index in [2.05, 4.69) is 0 Å². The number of furan rings is 1. The Balaban J connectivity index is 2.20. The predicted octanol–water partition coefficient (Wildman–Crippen LogP) is 1.70. The van der Waals surface area contributed by atoms with Gasteiger partial charge in [0.25, 0.3) is 0 Å². The molecule has 1 aromatic heterocycles. The van der Waals surface area contributed by atoms with Crippen molar-refractivity contribution >= 4 is 17.7 Å². The first-order valence-corrected chi connectivity index (χ1v) is 5.31. The van der Waals surface area contributed by atoms with Gasteiger partial charge in [-0.05, 0) is 6.07 Å². The summed E-state index contributed by atoms with van der Waals surface area (Å²) in [5.74, 6) is 2.76. The second-order valence-corrected chi connectivity index (χ2v) is 4.14. The molecular formula is C9H10O3S. The monoisotopic (exact) mass is 198 g/mol. The van der Waals surface area contributed by atoms with Crippen LogP contribution in [-0.2, 0) is 23.4 Å². The lowest BCUT2D eigenvalue weighted by Crippen LogP contribution is -1.98. The van der Waals surface area contributed by atoms with Crippen LogP contribution >= 0.6 is 11.8 Å². The van der Waals surface area contributed by atoms with Crippen molar-refractivity contribution in [1.82, 2.24) is 0 Å². The van der Waals surface area contributed by atoms with E-state index in [0.29, 0.717) is 5.76 Å². The number of carbonyl (C=O) groups is 1. The summed E-state index contributed by atoms with van der Waals surface area (Å²) >= 11 is 1.86. The molecule has 1 aliphatic rings. The Bertz CT molecular complexity index is 306. The van der Waals surface area contributed by atoms with Crippen LogP contribution in [0.3, 0.4) is 0 Å². The zero-order chi connectivity index (χ0) is 9.26. The molecule has 0 radical (unpaired) electrons. The highest BCUT2D eigenvalue weighted by atomic mass is 32.2. The quantitative estimate of drug-likeness (QED) is 0.785. The van der Waals surface area contributed by atoms with E-state index < -0.39 is 5.97 Å². The molecule has 70 valence electrons. The molecule has 2 heterocycles. The first kappa shape index (κ1) is 8.69. The van der Waals surface area contributed by atoms with Crippen LogP contribution in [0.5, 0.6) is 0 Å². The van der Waals surface area contributed by atoms with Crippen molar-refractivity contribution in [2.75, 3.05) is 5.75 Å². The number of aliphatic carboxylic acids is 1. The van der Waals surface area contributed by atoms with E-state index in [-0.39, 0.29) is 6.42 Å². The van der Waals surface area contributed by atoms with Crippen molar-refractivity contribution in [3.05, 3.63) is 23.2 Å². The maximum Gasteiger partial charge on any atom is 0.311 e. The van der Waals surface area contributed by atoms with Gasteiger partial charge in [0.1, 0.15) is 17.9 Å². The summed E-state index contributed by atoms with van der Waals surface area (Å²) in [6.45, 7) is 0. The van der Waals surface area contributed by atoms with Crippen LogP contribution in [0.25, 0.3) is 0 Å². The van der Waals surface area contributed by atoms with Gasteiger partial charge >= 0.3 is 5.97 Å². The summed E-state index contributed by atoms with van der Waals surface area (Å²) in [4.78, 5) is 10.4. The zero-order valence-electron chi connectivity index (χ0n) is 7.08. The van der Waals surface area contributed by atoms with E-state index in [0.717, 1.165) is 23.7 Å². The molecular weight excluding hydrogens is 188 g/mol. The first-order chi connectivity index (χ1) is 6.25. The summed E-state index contributed by atoms with van der Waals surface area (Å²) in [6, 6.07) is 1.87. The Hall–Kier alpha value is -0.900. The molecule has 0 amide bonds. The molecule has 0 aromatic carbocycles. The Morgan fingerprint density at radius 1 is 1.69 bits per heavy atom. The van der Waals surface area contributed by atoms with Gasteiger partial charge in [0.15, 0.2) is 0 Å². The van der Waals surface area contributed by atoms with Crippen LogP contribution < -0.4 is 0 Å². The van der Waals surface area contributed by atoms with Gasteiger partial charge in [-0.15, -0.1) is 0 Å². The van der Waals surface area contributed by atoms with E-state index in [4.69, 9.17) is 9.52 Å². The maximum atomic E-state index is 10.4. The average Bonchev–Trinajstić information content (AvgIpc) is 2.44. The Morgan fingerprint density at radius 2 is 2.54 bits per heavy atom. The molecule has 3 nitrogen and oxygen atoms in total.